The van der Waals surface area contributed by atoms with Crippen molar-refractivity contribution in [3.05, 3.63) is 11.6 Å². The van der Waals surface area contributed by atoms with Crippen LogP contribution < -0.4 is 5.32 Å². The van der Waals surface area contributed by atoms with Crippen LogP contribution in [0, 0.1) is 0 Å². The lowest BCUT2D eigenvalue weighted by Crippen LogP contribution is -2.38. The quantitative estimate of drug-likeness (QED) is 0.746. The minimum absolute atomic E-state index is 0. The molecule has 0 unspecified atom stereocenters. The van der Waals surface area contributed by atoms with E-state index in [1.165, 1.54) is 0 Å². The Morgan fingerprint density at radius 1 is 1.40 bits per heavy atom. The molecule has 1 N–H and O–H groups in total. The molecule has 1 amide bonds. The maximum Gasteiger partial charge on any atom is 0.291 e. The first-order valence-corrected chi connectivity index (χ1v) is 4.56. The average Bonchev–Trinajstić information content (AvgIpc) is 2.57. The molecular weight excluding hydrogens is 218 g/mol. The molecule has 6 nitrogen and oxygen atoms in total. The van der Waals surface area contributed by atoms with Crippen LogP contribution in [0.5, 0.6) is 0 Å². The zero-order chi connectivity index (χ0) is 10.1. The largest absolute Gasteiger partial charge is 0.337 e. The molecule has 0 saturated heterocycles. The Kier molecular flexibility index (Phi) is 3.65. The molecule has 0 aromatic carbocycles. The van der Waals surface area contributed by atoms with Crippen molar-refractivity contribution in [1.82, 2.24) is 25.0 Å². The number of carbonyl (C=O) groups excluding carboxylic acids is 1. The van der Waals surface area contributed by atoms with E-state index in [1.807, 2.05) is 11.6 Å². The highest BCUT2D eigenvalue weighted by Crippen LogP contribution is 2.10. The van der Waals surface area contributed by atoms with E-state index in [9.17, 15) is 4.79 Å². The molecule has 1 aliphatic rings. The maximum absolute atomic E-state index is 11.6. The Balaban J connectivity index is 0.00000112. The first-order valence-electron chi connectivity index (χ1n) is 4.56. The normalized spacial score (nSPS) is 14.8. The van der Waals surface area contributed by atoms with Gasteiger partial charge in [0, 0.05) is 20.1 Å². The van der Waals surface area contributed by atoms with Gasteiger partial charge in [-0.2, -0.15) is 0 Å². The molecule has 2 heterocycles. The van der Waals surface area contributed by atoms with Crippen LogP contribution in [0.25, 0.3) is 0 Å². The number of likely N-dealkylation sites (N-methyl/N-ethyl adjacent to an activating group) is 1. The van der Waals surface area contributed by atoms with Crippen LogP contribution in [0.15, 0.2) is 0 Å². The van der Waals surface area contributed by atoms with Gasteiger partial charge < -0.3 is 14.8 Å². The molecule has 15 heavy (non-hydrogen) atoms. The van der Waals surface area contributed by atoms with Crippen LogP contribution in [-0.4, -0.2) is 46.2 Å². The second-order valence-corrected chi connectivity index (χ2v) is 3.35. The molecule has 0 bridgehead atoms. The van der Waals surface area contributed by atoms with Crippen LogP contribution in [0.3, 0.4) is 0 Å². The number of rotatable bonds is 2. The Bertz CT molecular complexity index is 364. The molecule has 0 atom stereocenters. The Labute approximate surface area is 94.1 Å². The van der Waals surface area contributed by atoms with Crippen molar-refractivity contribution >= 4 is 18.3 Å². The van der Waals surface area contributed by atoms with Crippen molar-refractivity contribution in [2.75, 3.05) is 20.6 Å². The third-order valence-corrected chi connectivity index (χ3v) is 2.36. The number of halogens is 1. The van der Waals surface area contributed by atoms with Gasteiger partial charge in [-0.05, 0) is 7.05 Å². The molecule has 1 aromatic heterocycles. The van der Waals surface area contributed by atoms with Gasteiger partial charge in [0.25, 0.3) is 5.91 Å². The van der Waals surface area contributed by atoms with Gasteiger partial charge in [0.2, 0.25) is 5.82 Å². The summed E-state index contributed by atoms with van der Waals surface area (Å²) in [6.07, 6.45) is 0. The lowest BCUT2D eigenvalue weighted by atomic mass is 10.3. The van der Waals surface area contributed by atoms with Crippen LogP contribution in [0.4, 0.5) is 0 Å². The third kappa shape index (κ3) is 1.95. The monoisotopic (exact) mass is 231 g/mol. The SMILES string of the molecule is CNCc1nnc2n1CCN(C)C2=O.Cl. The van der Waals surface area contributed by atoms with E-state index in [4.69, 9.17) is 0 Å². The summed E-state index contributed by atoms with van der Waals surface area (Å²) in [7, 11) is 3.62. The van der Waals surface area contributed by atoms with Gasteiger partial charge in [-0.1, -0.05) is 0 Å². The van der Waals surface area contributed by atoms with Crippen molar-refractivity contribution in [2.45, 2.75) is 13.1 Å². The van der Waals surface area contributed by atoms with Gasteiger partial charge in [0.05, 0.1) is 6.54 Å². The van der Waals surface area contributed by atoms with Gasteiger partial charge >= 0.3 is 0 Å². The van der Waals surface area contributed by atoms with Crippen LogP contribution in [-0.2, 0) is 13.1 Å². The third-order valence-electron chi connectivity index (χ3n) is 2.36. The summed E-state index contributed by atoms with van der Waals surface area (Å²) in [5.74, 6) is 1.22. The Hall–Kier alpha value is -1.14. The molecule has 0 spiro atoms. The summed E-state index contributed by atoms with van der Waals surface area (Å²) < 4.78 is 1.87. The summed E-state index contributed by atoms with van der Waals surface area (Å²) >= 11 is 0. The molecule has 2 rings (SSSR count). The number of hydrogen-bond donors (Lipinski definition) is 1. The molecule has 0 aliphatic carbocycles. The molecule has 0 fully saturated rings. The number of nitrogens with one attached hydrogen (secondary N) is 1. The van der Waals surface area contributed by atoms with Crippen molar-refractivity contribution in [2.24, 2.45) is 0 Å². The second-order valence-electron chi connectivity index (χ2n) is 3.35. The molecule has 0 radical (unpaired) electrons. The fourth-order valence-electron chi connectivity index (χ4n) is 1.54. The van der Waals surface area contributed by atoms with E-state index in [2.05, 4.69) is 15.5 Å². The summed E-state index contributed by atoms with van der Waals surface area (Å²) in [6, 6.07) is 0. The highest BCUT2D eigenvalue weighted by atomic mass is 35.5. The molecule has 0 saturated carbocycles. The van der Waals surface area contributed by atoms with Crippen LogP contribution >= 0.6 is 12.4 Å². The van der Waals surface area contributed by atoms with E-state index in [0.29, 0.717) is 12.4 Å². The van der Waals surface area contributed by atoms with Gasteiger partial charge in [-0.3, -0.25) is 4.79 Å². The van der Waals surface area contributed by atoms with Gasteiger partial charge in [-0.15, -0.1) is 22.6 Å². The number of amides is 1. The van der Waals surface area contributed by atoms with E-state index in [-0.39, 0.29) is 18.3 Å². The molecular formula is C8H14ClN5O. The molecule has 84 valence electrons. The summed E-state index contributed by atoms with van der Waals surface area (Å²) in [4.78, 5) is 13.3. The van der Waals surface area contributed by atoms with Crippen molar-refractivity contribution < 1.29 is 4.79 Å². The Morgan fingerprint density at radius 2 is 2.13 bits per heavy atom. The molecule has 1 aliphatic heterocycles. The number of fused-ring (bicyclic) bond motifs is 1. The number of nitrogens with zero attached hydrogens (tertiary/aromatic N) is 4. The van der Waals surface area contributed by atoms with Crippen molar-refractivity contribution in [1.29, 1.82) is 0 Å². The lowest BCUT2D eigenvalue weighted by molar-refractivity contribution is 0.0740. The predicted octanol–water partition coefficient (Wildman–Crippen LogP) is -0.495. The fourth-order valence-corrected chi connectivity index (χ4v) is 1.54. The van der Waals surface area contributed by atoms with Crippen LogP contribution in [0.1, 0.15) is 16.4 Å². The average molecular weight is 232 g/mol. The van der Waals surface area contributed by atoms with E-state index < -0.39 is 0 Å². The zero-order valence-electron chi connectivity index (χ0n) is 8.73. The standard InChI is InChI=1S/C8H13N5O.ClH/c1-9-5-6-10-11-7-8(14)12(2)3-4-13(6)7;/h9H,3-5H2,1-2H3;1H. The fraction of sp³-hybridized carbons (Fsp3) is 0.625. The minimum Gasteiger partial charge on any atom is -0.337 e. The molecule has 7 heteroatoms. The van der Waals surface area contributed by atoms with Gasteiger partial charge in [0.1, 0.15) is 5.82 Å². The summed E-state index contributed by atoms with van der Waals surface area (Å²) in [5.41, 5.74) is 0. The topological polar surface area (TPSA) is 63.1 Å². The van der Waals surface area contributed by atoms with Gasteiger partial charge in [0.15, 0.2) is 0 Å². The van der Waals surface area contributed by atoms with E-state index in [1.54, 1.807) is 11.9 Å². The first kappa shape index (κ1) is 11.9. The van der Waals surface area contributed by atoms with Crippen molar-refractivity contribution in [3.8, 4) is 0 Å². The molecule has 1 aromatic rings. The minimum atomic E-state index is -0.0499. The second kappa shape index (κ2) is 4.59. The summed E-state index contributed by atoms with van der Waals surface area (Å²) in [5, 5.41) is 10.9. The van der Waals surface area contributed by atoms with Crippen LogP contribution in [0.2, 0.25) is 0 Å². The first-order chi connectivity index (χ1) is 6.74. The highest BCUT2D eigenvalue weighted by Gasteiger charge is 2.25. The number of hydrogen-bond acceptors (Lipinski definition) is 4. The highest BCUT2D eigenvalue weighted by molar-refractivity contribution is 5.91. The predicted molar refractivity (Wildman–Crippen MR) is 57.0 cm³/mol. The maximum atomic E-state index is 11.6. The van der Waals surface area contributed by atoms with Gasteiger partial charge in [-0.25, -0.2) is 0 Å². The summed E-state index contributed by atoms with van der Waals surface area (Å²) in [6.45, 7) is 2.15. The zero-order valence-corrected chi connectivity index (χ0v) is 9.54. The van der Waals surface area contributed by atoms with E-state index in [0.717, 1.165) is 18.9 Å². The van der Waals surface area contributed by atoms with E-state index >= 15 is 0 Å². The number of aromatic nitrogens is 3. The van der Waals surface area contributed by atoms with Crippen molar-refractivity contribution in [3.63, 3.8) is 0 Å². The lowest BCUT2D eigenvalue weighted by Gasteiger charge is -2.23. The number of carbonyl (C=O) groups is 1. The smallest absolute Gasteiger partial charge is 0.291 e. The Morgan fingerprint density at radius 3 is 2.80 bits per heavy atom.